The van der Waals surface area contributed by atoms with Gasteiger partial charge in [-0.3, -0.25) is 0 Å². The topological polar surface area (TPSA) is 12.0 Å². The van der Waals surface area contributed by atoms with Gasteiger partial charge in [0, 0.05) is 0 Å². The lowest BCUT2D eigenvalue weighted by Gasteiger charge is -2.12. The van der Waals surface area contributed by atoms with Crippen molar-refractivity contribution in [3.8, 4) is 0 Å². The summed E-state index contributed by atoms with van der Waals surface area (Å²) < 4.78 is 0. The third kappa shape index (κ3) is 5.76. The first-order valence-electron chi connectivity index (χ1n) is 5.32. The Morgan fingerprint density at radius 3 is 2.71 bits per heavy atom. The van der Waals surface area contributed by atoms with Crippen LogP contribution in [0.2, 0.25) is 0 Å². The molecule has 0 bridgehead atoms. The first kappa shape index (κ1) is 13.2. The van der Waals surface area contributed by atoms with Gasteiger partial charge in [0.1, 0.15) is 0 Å². The van der Waals surface area contributed by atoms with Crippen molar-refractivity contribution >= 4 is 0 Å². The van der Waals surface area contributed by atoms with Gasteiger partial charge in [0.15, 0.2) is 0 Å². The number of allylic oxidation sites excluding steroid dienone is 5. The third-order valence-electron chi connectivity index (χ3n) is 2.36. The molecule has 14 heavy (non-hydrogen) atoms. The van der Waals surface area contributed by atoms with Gasteiger partial charge in [-0.05, 0) is 46.2 Å². The van der Waals surface area contributed by atoms with Crippen molar-refractivity contribution < 1.29 is 0 Å². The van der Waals surface area contributed by atoms with Crippen LogP contribution in [0, 0.1) is 5.92 Å². The minimum absolute atomic E-state index is 0.527. The summed E-state index contributed by atoms with van der Waals surface area (Å²) in [6.45, 7) is 9.18. The average Bonchev–Trinajstić information content (AvgIpc) is 2.21. The molecule has 1 nitrogen and oxygen atoms in total. The van der Waals surface area contributed by atoms with Crippen LogP contribution in [0.3, 0.4) is 0 Å². The van der Waals surface area contributed by atoms with Gasteiger partial charge in [-0.25, -0.2) is 0 Å². The molecular formula is C13H23N. The highest BCUT2D eigenvalue weighted by Gasteiger charge is 2.04. The standard InChI is InChI=1S/C13H23N/c1-5-7-9-12(3)13(6-2)10-8-11-14-4/h5-7,9,13-14H,2,8,10-11H2,1,3-4H3/b7-5-,12-9+. The van der Waals surface area contributed by atoms with E-state index in [-0.39, 0.29) is 0 Å². The van der Waals surface area contributed by atoms with Crippen LogP contribution in [-0.2, 0) is 0 Å². The summed E-state index contributed by atoms with van der Waals surface area (Å²) in [5.74, 6) is 0.527. The van der Waals surface area contributed by atoms with E-state index < -0.39 is 0 Å². The van der Waals surface area contributed by atoms with Gasteiger partial charge in [-0.15, -0.1) is 6.58 Å². The molecule has 0 fully saturated rings. The van der Waals surface area contributed by atoms with Gasteiger partial charge in [-0.1, -0.05) is 29.9 Å². The fourth-order valence-corrected chi connectivity index (χ4v) is 1.40. The number of rotatable bonds is 7. The average molecular weight is 193 g/mol. The van der Waals surface area contributed by atoms with Gasteiger partial charge in [0.2, 0.25) is 0 Å². The summed E-state index contributed by atoms with van der Waals surface area (Å²) in [5, 5.41) is 3.16. The molecule has 0 aromatic heterocycles. The van der Waals surface area contributed by atoms with E-state index in [0.29, 0.717) is 5.92 Å². The van der Waals surface area contributed by atoms with Crippen molar-refractivity contribution in [2.75, 3.05) is 13.6 Å². The van der Waals surface area contributed by atoms with E-state index in [0.717, 1.165) is 6.54 Å². The van der Waals surface area contributed by atoms with E-state index in [9.17, 15) is 0 Å². The maximum absolute atomic E-state index is 3.88. The molecule has 0 aromatic carbocycles. The molecule has 1 atom stereocenters. The summed E-state index contributed by atoms with van der Waals surface area (Å²) in [5.41, 5.74) is 1.40. The lowest BCUT2D eigenvalue weighted by Crippen LogP contribution is -2.09. The van der Waals surface area contributed by atoms with Gasteiger partial charge in [0.25, 0.3) is 0 Å². The minimum Gasteiger partial charge on any atom is -0.320 e. The SMILES string of the molecule is C=CC(CCCNC)/C(C)=C/C=C\C. The summed E-state index contributed by atoms with van der Waals surface area (Å²) in [7, 11) is 1.99. The van der Waals surface area contributed by atoms with Crippen LogP contribution in [0.5, 0.6) is 0 Å². The van der Waals surface area contributed by atoms with E-state index in [1.807, 2.05) is 20.0 Å². The van der Waals surface area contributed by atoms with Gasteiger partial charge < -0.3 is 5.32 Å². The van der Waals surface area contributed by atoms with E-state index in [2.05, 4.69) is 37.0 Å². The molecule has 0 radical (unpaired) electrons. The molecule has 0 aliphatic carbocycles. The van der Waals surface area contributed by atoms with Crippen LogP contribution < -0.4 is 5.32 Å². The Morgan fingerprint density at radius 1 is 1.50 bits per heavy atom. The summed E-state index contributed by atoms with van der Waals surface area (Å²) in [6, 6.07) is 0. The minimum atomic E-state index is 0.527. The molecule has 1 unspecified atom stereocenters. The Labute approximate surface area is 88.6 Å². The summed E-state index contributed by atoms with van der Waals surface area (Å²) in [6.07, 6.45) is 10.7. The molecule has 80 valence electrons. The quantitative estimate of drug-likeness (QED) is 0.371. The number of hydrogen-bond acceptors (Lipinski definition) is 1. The largest absolute Gasteiger partial charge is 0.320 e. The van der Waals surface area contributed by atoms with Crippen LogP contribution in [0.15, 0.2) is 36.5 Å². The van der Waals surface area contributed by atoms with Crippen LogP contribution in [0.4, 0.5) is 0 Å². The Kier molecular flexibility index (Phi) is 8.25. The Morgan fingerprint density at radius 2 is 2.21 bits per heavy atom. The van der Waals surface area contributed by atoms with Crippen LogP contribution in [0.1, 0.15) is 26.7 Å². The lowest BCUT2D eigenvalue weighted by atomic mass is 9.95. The smallest absolute Gasteiger partial charge is 0.00251 e. The van der Waals surface area contributed by atoms with Crippen molar-refractivity contribution in [2.45, 2.75) is 26.7 Å². The highest BCUT2D eigenvalue weighted by molar-refractivity contribution is 5.16. The Balaban J connectivity index is 4.05. The molecule has 0 spiro atoms. The zero-order chi connectivity index (χ0) is 10.8. The second kappa shape index (κ2) is 8.76. The zero-order valence-electron chi connectivity index (χ0n) is 9.72. The molecule has 0 amide bonds. The van der Waals surface area contributed by atoms with Gasteiger partial charge in [0.05, 0.1) is 0 Å². The first-order chi connectivity index (χ1) is 6.76. The summed E-state index contributed by atoms with van der Waals surface area (Å²) in [4.78, 5) is 0. The molecule has 0 aliphatic rings. The molecule has 0 heterocycles. The van der Waals surface area contributed by atoms with Crippen molar-refractivity contribution in [3.05, 3.63) is 36.5 Å². The molecular weight excluding hydrogens is 170 g/mol. The molecule has 0 rings (SSSR count). The Bertz CT molecular complexity index is 201. The van der Waals surface area contributed by atoms with Crippen LogP contribution in [0.25, 0.3) is 0 Å². The highest BCUT2D eigenvalue weighted by atomic mass is 14.8. The third-order valence-corrected chi connectivity index (χ3v) is 2.36. The zero-order valence-corrected chi connectivity index (χ0v) is 9.72. The molecule has 0 aliphatic heterocycles. The van der Waals surface area contributed by atoms with Gasteiger partial charge >= 0.3 is 0 Å². The molecule has 1 N–H and O–H groups in total. The highest BCUT2D eigenvalue weighted by Crippen LogP contribution is 2.17. The summed E-state index contributed by atoms with van der Waals surface area (Å²) >= 11 is 0. The van der Waals surface area contributed by atoms with E-state index in [4.69, 9.17) is 0 Å². The molecule has 0 aromatic rings. The molecule has 1 heteroatoms. The second-order valence-corrected chi connectivity index (χ2v) is 3.52. The Hall–Kier alpha value is -0.820. The van der Waals surface area contributed by atoms with Crippen LogP contribution in [-0.4, -0.2) is 13.6 Å². The first-order valence-corrected chi connectivity index (χ1v) is 5.32. The maximum atomic E-state index is 3.88. The van der Waals surface area contributed by atoms with E-state index in [1.54, 1.807) is 0 Å². The molecule has 0 saturated carbocycles. The predicted octanol–water partition coefficient (Wildman–Crippen LogP) is 3.31. The monoisotopic (exact) mass is 193 g/mol. The maximum Gasteiger partial charge on any atom is -0.00251 e. The predicted molar refractivity (Wildman–Crippen MR) is 65.4 cm³/mol. The normalized spacial score (nSPS) is 14.6. The van der Waals surface area contributed by atoms with Gasteiger partial charge in [-0.2, -0.15) is 0 Å². The van der Waals surface area contributed by atoms with Crippen LogP contribution >= 0.6 is 0 Å². The number of nitrogens with one attached hydrogen (secondary N) is 1. The van der Waals surface area contributed by atoms with E-state index >= 15 is 0 Å². The molecule has 0 saturated heterocycles. The van der Waals surface area contributed by atoms with Crippen molar-refractivity contribution in [1.82, 2.24) is 5.32 Å². The van der Waals surface area contributed by atoms with Crippen molar-refractivity contribution in [3.63, 3.8) is 0 Å². The number of hydrogen-bond donors (Lipinski definition) is 1. The lowest BCUT2D eigenvalue weighted by molar-refractivity contribution is 0.603. The fraction of sp³-hybridized carbons (Fsp3) is 0.538. The van der Waals surface area contributed by atoms with E-state index in [1.165, 1.54) is 18.4 Å². The fourth-order valence-electron chi connectivity index (χ4n) is 1.40. The second-order valence-electron chi connectivity index (χ2n) is 3.52. The van der Waals surface area contributed by atoms with Crippen molar-refractivity contribution in [1.29, 1.82) is 0 Å². The van der Waals surface area contributed by atoms with Crippen molar-refractivity contribution in [2.24, 2.45) is 5.92 Å².